The summed E-state index contributed by atoms with van der Waals surface area (Å²) in [6, 6.07) is 1.58. The number of carbonyl (C=O) groups excluding carboxylic acids is 1. The second-order valence-electron chi connectivity index (χ2n) is 10.4. The number of carbonyl (C=O) groups is 1. The van der Waals surface area contributed by atoms with E-state index in [1.807, 2.05) is 9.47 Å². The maximum Gasteiger partial charge on any atom is 0.242 e. The summed E-state index contributed by atoms with van der Waals surface area (Å²) in [5.41, 5.74) is 14.5. The van der Waals surface area contributed by atoms with Gasteiger partial charge < -0.3 is 31.0 Å². The number of nitrogens with two attached hydrogens (primary N) is 2. The van der Waals surface area contributed by atoms with Crippen LogP contribution in [0.25, 0.3) is 11.2 Å². The van der Waals surface area contributed by atoms with Gasteiger partial charge in [0.15, 0.2) is 11.5 Å². The lowest BCUT2D eigenvalue weighted by molar-refractivity contribution is -0.125. The number of hydrogen-bond acceptors (Lipinski definition) is 9. The van der Waals surface area contributed by atoms with Gasteiger partial charge >= 0.3 is 0 Å². The molecular weight excluding hydrogens is 513 g/mol. The molecule has 1 saturated carbocycles. The quantitative estimate of drug-likeness (QED) is 0.401. The number of ether oxygens (including phenoxy) is 1. The zero-order valence-corrected chi connectivity index (χ0v) is 21.8. The number of anilines is 2. The average Bonchev–Trinajstić information content (AvgIpc) is 3.48. The summed E-state index contributed by atoms with van der Waals surface area (Å²) >= 11 is 6.75. The minimum atomic E-state index is -1.05. The third-order valence-electron chi connectivity index (χ3n) is 7.64. The highest BCUT2D eigenvalue weighted by atomic mass is 35.5. The molecule has 0 spiro atoms. The predicted molar refractivity (Wildman–Crippen MR) is 141 cm³/mol. The molecule has 2 aliphatic heterocycles. The molecule has 13 heteroatoms. The van der Waals surface area contributed by atoms with Crippen molar-refractivity contribution in [2.24, 2.45) is 5.73 Å². The van der Waals surface area contributed by atoms with Gasteiger partial charge in [-0.1, -0.05) is 11.6 Å². The lowest BCUT2D eigenvalue weighted by Gasteiger charge is -2.31. The van der Waals surface area contributed by atoms with Gasteiger partial charge in [0.05, 0.1) is 36.8 Å². The Hall–Kier alpha value is -3.06. The second-order valence-corrected chi connectivity index (χ2v) is 10.8. The normalized spacial score (nSPS) is 22.3. The molecule has 5 N–H and O–H groups in total. The van der Waals surface area contributed by atoms with Crippen molar-refractivity contribution in [3.63, 3.8) is 0 Å². The van der Waals surface area contributed by atoms with Crippen molar-refractivity contribution in [1.82, 2.24) is 29.7 Å². The molecule has 1 atom stereocenters. The molecule has 4 heterocycles. The monoisotopic (exact) mass is 543 g/mol. The smallest absolute Gasteiger partial charge is 0.242 e. The van der Waals surface area contributed by atoms with E-state index in [1.54, 1.807) is 6.33 Å². The van der Waals surface area contributed by atoms with Crippen molar-refractivity contribution in [2.75, 3.05) is 50.0 Å². The zero-order chi connectivity index (χ0) is 26.4. The van der Waals surface area contributed by atoms with Gasteiger partial charge in [-0.25, -0.2) is 19.3 Å². The van der Waals surface area contributed by atoms with Crippen molar-refractivity contribution in [1.29, 1.82) is 0 Å². The molecule has 38 heavy (non-hydrogen) atoms. The van der Waals surface area contributed by atoms with Crippen LogP contribution in [0.3, 0.4) is 0 Å². The second kappa shape index (κ2) is 9.92. The highest BCUT2D eigenvalue weighted by molar-refractivity contribution is 6.33. The van der Waals surface area contributed by atoms with Gasteiger partial charge in [0.25, 0.3) is 0 Å². The number of benzene rings is 1. The van der Waals surface area contributed by atoms with Crippen molar-refractivity contribution in [3.8, 4) is 0 Å². The van der Waals surface area contributed by atoms with Crippen LogP contribution in [-0.2, 0) is 22.6 Å². The van der Waals surface area contributed by atoms with E-state index >= 15 is 4.39 Å². The Morgan fingerprint density at radius 3 is 2.74 bits per heavy atom. The Balaban J connectivity index is 1.40. The summed E-state index contributed by atoms with van der Waals surface area (Å²) in [6.45, 7) is 4.03. The molecule has 1 amide bonds. The van der Waals surface area contributed by atoms with Crippen molar-refractivity contribution in [3.05, 3.63) is 40.7 Å². The molecule has 2 aromatic heterocycles. The first kappa shape index (κ1) is 25.2. The van der Waals surface area contributed by atoms with Crippen molar-refractivity contribution in [2.45, 2.75) is 43.9 Å². The van der Waals surface area contributed by atoms with Gasteiger partial charge in [-0.3, -0.25) is 9.69 Å². The number of imidazole rings is 1. The van der Waals surface area contributed by atoms with Gasteiger partial charge in [-0.05, 0) is 25.3 Å². The minimum Gasteiger partial charge on any atom is -0.382 e. The molecule has 1 unspecified atom stereocenters. The van der Waals surface area contributed by atoms with Gasteiger partial charge in [0.1, 0.15) is 23.2 Å². The van der Waals surface area contributed by atoms with Crippen LogP contribution in [0.2, 0.25) is 5.02 Å². The first-order chi connectivity index (χ1) is 18.3. The largest absolute Gasteiger partial charge is 0.382 e. The molecule has 202 valence electrons. The molecule has 3 fully saturated rings. The SMILES string of the molecule is Nc1ncnc2c1ncn2Cc1c(CN2CCOCC2)c(F)cc(Cl)c1N1CCC(N)(C(=O)NC2CC2)C1. The Bertz CT molecular complexity index is 1370. The average molecular weight is 544 g/mol. The molecule has 1 aromatic carbocycles. The Morgan fingerprint density at radius 1 is 1.18 bits per heavy atom. The highest BCUT2D eigenvalue weighted by Gasteiger charge is 2.44. The van der Waals surface area contributed by atoms with Crippen molar-refractivity contribution < 1.29 is 13.9 Å². The summed E-state index contributed by atoms with van der Waals surface area (Å²) in [7, 11) is 0. The maximum atomic E-state index is 15.7. The summed E-state index contributed by atoms with van der Waals surface area (Å²) in [5.74, 6) is -0.263. The lowest BCUT2D eigenvalue weighted by Crippen LogP contribution is -2.56. The van der Waals surface area contributed by atoms with E-state index in [0.717, 1.165) is 12.8 Å². The number of fused-ring (bicyclic) bond motifs is 1. The van der Waals surface area contributed by atoms with E-state index in [2.05, 4.69) is 25.2 Å². The molecule has 3 aliphatic rings. The fourth-order valence-corrected chi connectivity index (χ4v) is 5.64. The van der Waals surface area contributed by atoms with E-state index in [0.29, 0.717) is 73.8 Å². The molecule has 0 bridgehead atoms. The van der Waals surface area contributed by atoms with Gasteiger partial charge in [-0.15, -0.1) is 0 Å². The predicted octanol–water partition coefficient (Wildman–Crippen LogP) is 1.27. The van der Waals surface area contributed by atoms with Crippen LogP contribution in [0, 0.1) is 5.82 Å². The lowest BCUT2D eigenvalue weighted by atomic mass is 9.98. The molecule has 0 radical (unpaired) electrons. The number of aromatic nitrogens is 4. The number of nitrogens with one attached hydrogen (secondary N) is 1. The maximum absolute atomic E-state index is 15.7. The fourth-order valence-electron chi connectivity index (χ4n) is 5.31. The van der Waals surface area contributed by atoms with Crippen LogP contribution in [0.1, 0.15) is 30.4 Å². The summed E-state index contributed by atoms with van der Waals surface area (Å²) in [4.78, 5) is 29.9. The third kappa shape index (κ3) is 4.77. The number of halogens is 2. The Labute approximate surface area is 224 Å². The molecule has 2 saturated heterocycles. The number of nitrogens with zero attached hydrogens (tertiary/aromatic N) is 6. The highest BCUT2D eigenvalue weighted by Crippen LogP contribution is 2.39. The van der Waals surface area contributed by atoms with E-state index in [1.165, 1.54) is 12.4 Å². The summed E-state index contributed by atoms with van der Waals surface area (Å²) in [6.07, 6.45) is 5.44. The van der Waals surface area contributed by atoms with Gasteiger partial charge in [0.2, 0.25) is 5.91 Å². The number of nitrogen functional groups attached to an aromatic ring is 1. The van der Waals surface area contributed by atoms with Crippen molar-refractivity contribution >= 4 is 40.2 Å². The molecular formula is C25H31ClFN9O2. The number of morpholine rings is 1. The van der Waals surface area contributed by atoms with Crippen LogP contribution in [0.5, 0.6) is 0 Å². The summed E-state index contributed by atoms with van der Waals surface area (Å²) in [5, 5.41) is 3.31. The van der Waals surface area contributed by atoms with E-state index in [-0.39, 0.29) is 41.7 Å². The van der Waals surface area contributed by atoms with E-state index in [9.17, 15) is 4.79 Å². The van der Waals surface area contributed by atoms with Crippen LogP contribution in [0.15, 0.2) is 18.7 Å². The molecule has 11 nitrogen and oxygen atoms in total. The van der Waals surface area contributed by atoms with E-state index in [4.69, 9.17) is 27.8 Å². The molecule has 3 aromatic rings. The third-order valence-corrected chi connectivity index (χ3v) is 7.93. The topological polar surface area (TPSA) is 140 Å². The standard InChI is InChI=1S/C25H31ClFN9O2/c26-18-9-19(27)16(10-34-5-7-38-8-6-34)17(11-36-14-32-20-22(28)30-13-31-23(20)36)21(18)35-4-3-25(29,12-35)24(37)33-15-1-2-15/h9,13-15H,1-8,10-12,29H2,(H,33,37)(H2,28,30,31). The molecule has 6 rings (SSSR count). The summed E-state index contributed by atoms with van der Waals surface area (Å²) < 4.78 is 23.0. The van der Waals surface area contributed by atoms with E-state index < -0.39 is 5.54 Å². The number of amides is 1. The zero-order valence-electron chi connectivity index (χ0n) is 21.0. The van der Waals surface area contributed by atoms with Crippen LogP contribution in [0.4, 0.5) is 15.9 Å². The Kier molecular flexibility index (Phi) is 6.58. The number of rotatable bonds is 7. The molecule has 1 aliphatic carbocycles. The van der Waals surface area contributed by atoms with Gasteiger partial charge in [0, 0.05) is 49.9 Å². The Morgan fingerprint density at radius 2 is 1.97 bits per heavy atom. The minimum absolute atomic E-state index is 0.149. The van der Waals surface area contributed by atoms with Gasteiger partial charge in [-0.2, -0.15) is 0 Å². The van der Waals surface area contributed by atoms with Crippen LogP contribution < -0.4 is 21.7 Å². The number of hydrogen-bond donors (Lipinski definition) is 3. The first-order valence-corrected chi connectivity index (χ1v) is 13.3. The van der Waals surface area contributed by atoms with Crippen LogP contribution >= 0.6 is 11.6 Å². The fraction of sp³-hybridized carbons (Fsp3) is 0.520. The first-order valence-electron chi connectivity index (χ1n) is 12.9. The van der Waals surface area contributed by atoms with Crippen LogP contribution in [-0.4, -0.2) is 81.3 Å².